The van der Waals surface area contributed by atoms with Crippen molar-refractivity contribution in [2.45, 2.75) is 0 Å². The molecule has 1 N–H and O–H groups in total. The van der Waals surface area contributed by atoms with Crippen molar-refractivity contribution in [1.29, 1.82) is 0 Å². The van der Waals surface area contributed by atoms with Gasteiger partial charge in [0, 0.05) is 27.4 Å². The van der Waals surface area contributed by atoms with Crippen molar-refractivity contribution in [3.8, 4) is 17.3 Å². The highest BCUT2D eigenvalue weighted by molar-refractivity contribution is 7.17. The molecule has 0 saturated carbocycles. The maximum Gasteiger partial charge on any atom is 0.203 e. The van der Waals surface area contributed by atoms with Gasteiger partial charge in [-0.1, -0.05) is 6.07 Å². The minimum absolute atomic E-state index is 0.235. The molecule has 2 heterocycles. The van der Waals surface area contributed by atoms with Crippen molar-refractivity contribution in [2.75, 3.05) is 7.11 Å². The Hall–Kier alpha value is -2.46. The highest BCUT2D eigenvalue weighted by Crippen LogP contribution is 2.36. The number of benzene rings is 2. The van der Waals surface area contributed by atoms with Crippen LogP contribution in [0, 0.1) is 0 Å². The lowest BCUT2D eigenvalue weighted by molar-refractivity contribution is 0.420. The average Bonchev–Trinajstić information content (AvgIpc) is 3.11. The molecule has 0 unspecified atom stereocenters. The summed E-state index contributed by atoms with van der Waals surface area (Å²) < 4.78 is 8.41. The van der Waals surface area contributed by atoms with E-state index in [1.54, 1.807) is 23.0 Å². The van der Waals surface area contributed by atoms with E-state index in [2.05, 4.69) is 23.6 Å². The highest BCUT2D eigenvalue weighted by Gasteiger charge is 2.13. The van der Waals surface area contributed by atoms with Gasteiger partial charge in [0.15, 0.2) is 0 Å². The Kier molecular flexibility index (Phi) is 2.65. The van der Waals surface area contributed by atoms with Crippen LogP contribution in [-0.2, 0) is 0 Å². The van der Waals surface area contributed by atoms with Gasteiger partial charge in [0.2, 0.25) is 5.88 Å². The first-order valence-corrected chi connectivity index (χ1v) is 7.50. The fourth-order valence-electron chi connectivity index (χ4n) is 2.67. The molecule has 4 heteroatoms. The average molecular weight is 295 g/mol. The number of hydrogen-bond acceptors (Lipinski definition) is 3. The Labute approximate surface area is 125 Å². The quantitative estimate of drug-likeness (QED) is 0.588. The van der Waals surface area contributed by atoms with Gasteiger partial charge in [0.05, 0.1) is 7.11 Å². The second-order valence-corrected chi connectivity index (χ2v) is 5.83. The van der Waals surface area contributed by atoms with Gasteiger partial charge in [-0.2, -0.15) is 0 Å². The van der Waals surface area contributed by atoms with Crippen LogP contribution in [0.3, 0.4) is 0 Å². The predicted octanol–water partition coefficient (Wildman–Crippen LogP) is 4.56. The van der Waals surface area contributed by atoms with Gasteiger partial charge >= 0.3 is 0 Å². The number of aromatic nitrogens is 1. The van der Waals surface area contributed by atoms with E-state index in [4.69, 9.17) is 4.74 Å². The lowest BCUT2D eigenvalue weighted by atomic mass is 10.2. The monoisotopic (exact) mass is 295 g/mol. The third-order valence-corrected chi connectivity index (χ3v) is 4.63. The number of thiophene rings is 1. The zero-order valence-electron chi connectivity index (χ0n) is 11.4. The van der Waals surface area contributed by atoms with Crippen LogP contribution in [-0.4, -0.2) is 16.8 Å². The SMILES string of the molecule is COc1cccc2c(O)n(-c3ccc4sccc4c3)cc12. The van der Waals surface area contributed by atoms with Crippen molar-refractivity contribution in [1.82, 2.24) is 4.57 Å². The smallest absolute Gasteiger partial charge is 0.203 e. The fourth-order valence-corrected chi connectivity index (χ4v) is 3.44. The van der Waals surface area contributed by atoms with Crippen LogP contribution < -0.4 is 4.74 Å². The van der Waals surface area contributed by atoms with E-state index in [9.17, 15) is 5.11 Å². The number of hydrogen-bond donors (Lipinski definition) is 1. The first-order valence-electron chi connectivity index (χ1n) is 6.62. The minimum atomic E-state index is 0.235. The van der Waals surface area contributed by atoms with Crippen molar-refractivity contribution in [3.05, 3.63) is 54.0 Å². The van der Waals surface area contributed by atoms with Crippen LogP contribution in [0.4, 0.5) is 0 Å². The third kappa shape index (κ3) is 1.80. The lowest BCUT2D eigenvalue weighted by Gasteiger charge is -2.04. The Bertz CT molecular complexity index is 952. The summed E-state index contributed by atoms with van der Waals surface area (Å²) in [5.41, 5.74) is 0.941. The normalized spacial score (nSPS) is 11.3. The predicted molar refractivity (Wildman–Crippen MR) is 86.9 cm³/mol. The summed E-state index contributed by atoms with van der Waals surface area (Å²) in [5.74, 6) is 0.997. The van der Waals surface area contributed by atoms with E-state index >= 15 is 0 Å². The van der Waals surface area contributed by atoms with E-state index in [0.29, 0.717) is 0 Å². The van der Waals surface area contributed by atoms with Gasteiger partial charge in [-0.25, -0.2) is 0 Å². The molecule has 0 saturated heterocycles. The molecule has 2 aromatic heterocycles. The highest BCUT2D eigenvalue weighted by atomic mass is 32.1. The summed E-state index contributed by atoms with van der Waals surface area (Å²) in [5, 5.41) is 15.4. The van der Waals surface area contributed by atoms with Crippen LogP contribution in [0.15, 0.2) is 54.0 Å². The summed E-state index contributed by atoms with van der Waals surface area (Å²) in [6.07, 6.45) is 1.91. The molecule has 4 aromatic rings. The van der Waals surface area contributed by atoms with E-state index in [-0.39, 0.29) is 5.88 Å². The zero-order chi connectivity index (χ0) is 14.4. The number of fused-ring (bicyclic) bond motifs is 2. The van der Waals surface area contributed by atoms with E-state index in [1.165, 1.54) is 10.1 Å². The van der Waals surface area contributed by atoms with E-state index in [0.717, 1.165) is 22.2 Å². The topological polar surface area (TPSA) is 34.4 Å². The maximum absolute atomic E-state index is 10.5. The van der Waals surface area contributed by atoms with Crippen molar-refractivity contribution >= 4 is 32.2 Å². The molecule has 0 aliphatic heterocycles. The molecule has 0 amide bonds. The van der Waals surface area contributed by atoms with Gasteiger partial charge in [-0.05, 0) is 47.2 Å². The first kappa shape index (κ1) is 12.3. The molecule has 0 bridgehead atoms. The standard InChI is InChI=1S/C17H13NO2S/c1-20-15-4-2-3-13-14(15)10-18(17(13)19)12-5-6-16-11(9-12)7-8-21-16/h2-10,19H,1H3. The number of ether oxygens (including phenoxy) is 1. The number of methoxy groups -OCH3 is 1. The maximum atomic E-state index is 10.5. The summed E-state index contributed by atoms with van der Waals surface area (Å²) in [7, 11) is 1.64. The summed E-state index contributed by atoms with van der Waals surface area (Å²) in [6, 6.07) is 13.9. The molecular weight excluding hydrogens is 282 g/mol. The summed E-state index contributed by atoms with van der Waals surface area (Å²) in [4.78, 5) is 0. The van der Waals surface area contributed by atoms with Gasteiger partial charge in [0.25, 0.3) is 0 Å². The summed E-state index contributed by atoms with van der Waals surface area (Å²) >= 11 is 1.71. The molecule has 0 radical (unpaired) electrons. The van der Waals surface area contributed by atoms with Crippen LogP contribution in [0.1, 0.15) is 0 Å². The Morgan fingerprint density at radius 3 is 2.86 bits per heavy atom. The van der Waals surface area contributed by atoms with E-state index in [1.807, 2.05) is 30.5 Å². The van der Waals surface area contributed by atoms with E-state index < -0.39 is 0 Å². The molecule has 0 atom stereocenters. The number of aromatic hydroxyl groups is 1. The van der Waals surface area contributed by atoms with Gasteiger partial charge < -0.3 is 9.84 Å². The molecule has 0 aliphatic rings. The van der Waals surface area contributed by atoms with Crippen molar-refractivity contribution in [2.24, 2.45) is 0 Å². The lowest BCUT2D eigenvalue weighted by Crippen LogP contribution is -1.90. The number of rotatable bonds is 2. The molecule has 0 fully saturated rings. The molecular formula is C17H13NO2S. The Balaban J connectivity index is 1.99. The fraction of sp³-hybridized carbons (Fsp3) is 0.0588. The molecule has 3 nitrogen and oxygen atoms in total. The molecule has 104 valence electrons. The van der Waals surface area contributed by atoms with Crippen LogP contribution in [0.25, 0.3) is 26.5 Å². The largest absolute Gasteiger partial charge is 0.496 e. The van der Waals surface area contributed by atoms with Crippen molar-refractivity contribution in [3.63, 3.8) is 0 Å². The number of nitrogens with zero attached hydrogens (tertiary/aromatic N) is 1. The van der Waals surface area contributed by atoms with Gasteiger partial charge in [0.1, 0.15) is 5.75 Å². The second-order valence-electron chi connectivity index (χ2n) is 4.89. The van der Waals surface area contributed by atoms with Gasteiger partial charge in [-0.3, -0.25) is 4.57 Å². The molecule has 2 aromatic carbocycles. The molecule has 4 rings (SSSR count). The zero-order valence-corrected chi connectivity index (χ0v) is 12.2. The third-order valence-electron chi connectivity index (χ3n) is 3.73. The van der Waals surface area contributed by atoms with Crippen LogP contribution in [0.5, 0.6) is 11.6 Å². The summed E-state index contributed by atoms with van der Waals surface area (Å²) in [6.45, 7) is 0. The second kappa shape index (κ2) is 4.53. The van der Waals surface area contributed by atoms with Crippen LogP contribution >= 0.6 is 11.3 Å². The minimum Gasteiger partial charge on any atom is -0.496 e. The first-order chi connectivity index (χ1) is 10.3. The Morgan fingerprint density at radius 2 is 2.00 bits per heavy atom. The molecule has 0 spiro atoms. The molecule has 21 heavy (non-hydrogen) atoms. The Morgan fingerprint density at radius 1 is 1.10 bits per heavy atom. The van der Waals surface area contributed by atoms with Gasteiger partial charge in [-0.15, -0.1) is 11.3 Å². The van der Waals surface area contributed by atoms with Crippen LogP contribution in [0.2, 0.25) is 0 Å². The van der Waals surface area contributed by atoms with Crippen molar-refractivity contribution < 1.29 is 9.84 Å². The molecule has 0 aliphatic carbocycles.